The van der Waals surface area contributed by atoms with Crippen molar-refractivity contribution in [1.82, 2.24) is 5.32 Å². The Hall–Kier alpha value is -0.530. The monoisotopic (exact) mass is 126 g/mol. The number of rotatable bonds is 0. The molecule has 1 heterocycles. The van der Waals surface area contributed by atoms with Crippen LogP contribution in [0.15, 0.2) is 0 Å². The van der Waals surface area contributed by atoms with Gasteiger partial charge in [-0.15, -0.1) is 0 Å². The molecule has 0 saturated carbocycles. The van der Waals surface area contributed by atoms with Crippen LogP contribution in [0, 0.1) is 5.41 Å². The van der Waals surface area contributed by atoms with Crippen LogP contribution in [0.3, 0.4) is 0 Å². The number of nitrogens with one attached hydrogen (secondary N) is 2. The van der Waals surface area contributed by atoms with Gasteiger partial charge in [0.2, 0.25) is 0 Å². The largest absolute Gasteiger partial charge is 0.372 e. The molecule has 0 aromatic carbocycles. The van der Waals surface area contributed by atoms with Crippen molar-refractivity contribution >= 4 is 5.84 Å². The molecule has 2 heteroatoms. The van der Waals surface area contributed by atoms with Crippen LogP contribution < -0.4 is 5.32 Å². The second kappa shape index (κ2) is 2.85. The lowest BCUT2D eigenvalue weighted by atomic mass is 10.1. The molecule has 0 bridgehead atoms. The van der Waals surface area contributed by atoms with Crippen molar-refractivity contribution in [2.75, 3.05) is 0 Å². The quantitative estimate of drug-likeness (QED) is 0.507. The summed E-state index contributed by atoms with van der Waals surface area (Å²) in [5.74, 6) is 0.722. The van der Waals surface area contributed by atoms with Gasteiger partial charge < -0.3 is 5.32 Å². The van der Waals surface area contributed by atoms with Crippen LogP contribution in [-0.2, 0) is 0 Å². The first-order valence-electron chi connectivity index (χ1n) is 3.63. The van der Waals surface area contributed by atoms with Crippen LogP contribution in [0.25, 0.3) is 0 Å². The third-order valence-corrected chi connectivity index (χ3v) is 1.73. The van der Waals surface area contributed by atoms with Gasteiger partial charge >= 0.3 is 0 Å². The molecule has 1 saturated heterocycles. The summed E-state index contributed by atoms with van der Waals surface area (Å²) >= 11 is 0. The summed E-state index contributed by atoms with van der Waals surface area (Å²) in [6, 6.07) is 0.528. The van der Waals surface area contributed by atoms with Gasteiger partial charge in [0.15, 0.2) is 0 Å². The molecule has 2 nitrogen and oxygen atoms in total. The molecular formula is C7H14N2. The van der Waals surface area contributed by atoms with Gasteiger partial charge in [0.25, 0.3) is 0 Å². The van der Waals surface area contributed by atoms with E-state index in [1.165, 1.54) is 19.3 Å². The third-order valence-electron chi connectivity index (χ3n) is 1.73. The van der Waals surface area contributed by atoms with E-state index in [2.05, 4.69) is 12.2 Å². The van der Waals surface area contributed by atoms with E-state index in [1.54, 1.807) is 0 Å². The molecule has 1 aliphatic rings. The molecule has 0 aliphatic carbocycles. The summed E-state index contributed by atoms with van der Waals surface area (Å²) in [6.07, 6.45) is 4.64. The molecule has 1 atom stereocenters. The maximum absolute atomic E-state index is 7.35. The molecule has 0 aromatic heterocycles. The van der Waals surface area contributed by atoms with Crippen LogP contribution >= 0.6 is 0 Å². The lowest BCUT2D eigenvalue weighted by Crippen LogP contribution is -2.29. The maximum atomic E-state index is 7.35. The van der Waals surface area contributed by atoms with Crippen molar-refractivity contribution in [3.05, 3.63) is 0 Å². The predicted molar refractivity (Wildman–Crippen MR) is 38.8 cm³/mol. The fourth-order valence-electron chi connectivity index (χ4n) is 1.19. The Morgan fingerprint density at radius 3 is 3.11 bits per heavy atom. The first-order valence-corrected chi connectivity index (χ1v) is 3.63. The number of hydrogen-bond acceptors (Lipinski definition) is 1. The Morgan fingerprint density at radius 2 is 2.33 bits per heavy atom. The number of amidine groups is 1. The summed E-state index contributed by atoms with van der Waals surface area (Å²) in [4.78, 5) is 0. The molecule has 2 N–H and O–H groups in total. The van der Waals surface area contributed by atoms with Crippen molar-refractivity contribution < 1.29 is 0 Å². The lowest BCUT2D eigenvalue weighted by molar-refractivity contribution is 0.594. The molecule has 1 rings (SSSR count). The van der Waals surface area contributed by atoms with Crippen molar-refractivity contribution in [2.45, 2.75) is 38.6 Å². The molecule has 52 valence electrons. The minimum Gasteiger partial charge on any atom is -0.372 e. The van der Waals surface area contributed by atoms with Gasteiger partial charge in [-0.3, -0.25) is 5.41 Å². The molecule has 0 aromatic rings. The zero-order valence-corrected chi connectivity index (χ0v) is 5.91. The maximum Gasteiger partial charge on any atom is 0.0933 e. The fourth-order valence-corrected chi connectivity index (χ4v) is 1.19. The van der Waals surface area contributed by atoms with Crippen molar-refractivity contribution in [3.63, 3.8) is 0 Å². The topological polar surface area (TPSA) is 35.9 Å². The van der Waals surface area contributed by atoms with Crippen LogP contribution in [-0.4, -0.2) is 11.9 Å². The van der Waals surface area contributed by atoms with E-state index in [4.69, 9.17) is 5.41 Å². The van der Waals surface area contributed by atoms with E-state index in [-0.39, 0.29) is 0 Å². The zero-order valence-electron chi connectivity index (χ0n) is 5.91. The van der Waals surface area contributed by atoms with Gasteiger partial charge in [-0.05, 0) is 19.8 Å². The smallest absolute Gasteiger partial charge is 0.0933 e. The van der Waals surface area contributed by atoms with E-state index in [0.717, 1.165) is 12.3 Å². The van der Waals surface area contributed by atoms with Gasteiger partial charge in [0.05, 0.1) is 5.84 Å². The van der Waals surface area contributed by atoms with E-state index < -0.39 is 0 Å². The predicted octanol–water partition coefficient (Wildman–Crippen LogP) is 1.52. The molecule has 1 aliphatic heterocycles. The van der Waals surface area contributed by atoms with Gasteiger partial charge in [0, 0.05) is 12.5 Å². The normalized spacial score (nSPS) is 29.0. The molecule has 1 fully saturated rings. The molecule has 0 radical (unpaired) electrons. The Labute approximate surface area is 56.2 Å². The third kappa shape index (κ3) is 2.04. The average Bonchev–Trinajstić information content (AvgIpc) is 1.93. The minimum atomic E-state index is 0.528. The number of hydrogen-bond donors (Lipinski definition) is 2. The molecule has 0 spiro atoms. The van der Waals surface area contributed by atoms with Gasteiger partial charge in [0.1, 0.15) is 0 Å². The Kier molecular flexibility index (Phi) is 2.09. The van der Waals surface area contributed by atoms with Crippen LogP contribution in [0.5, 0.6) is 0 Å². The summed E-state index contributed by atoms with van der Waals surface area (Å²) in [5.41, 5.74) is 0. The first-order chi connectivity index (χ1) is 4.29. The highest BCUT2D eigenvalue weighted by molar-refractivity contribution is 5.79. The highest BCUT2D eigenvalue weighted by atomic mass is 15.0. The minimum absolute atomic E-state index is 0.528. The Balaban J connectivity index is 2.37. The second-order valence-corrected chi connectivity index (χ2v) is 2.77. The van der Waals surface area contributed by atoms with E-state index in [0.29, 0.717) is 6.04 Å². The van der Waals surface area contributed by atoms with Gasteiger partial charge in [-0.1, -0.05) is 6.42 Å². The first kappa shape index (κ1) is 6.59. The van der Waals surface area contributed by atoms with E-state index >= 15 is 0 Å². The summed E-state index contributed by atoms with van der Waals surface area (Å²) in [6.45, 7) is 2.14. The fraction of sp³-hybridized carbons (Fsp3) is 0.857. The Morgan fingerprint density at radius 1 is 1.56 bits per heavy atom. The average molecular weight is 126 g/mol. The highest BCUT2D eigenvalue weighted by Crippen LogP contribution is 2.07. The van der Waals surface area contributed by atoms with Crippen molar-refractivity contribution in [1.29, 1.82) is 5.41 Å². The van der Waals surface area contributed by atoms with Crippen LogP contribution in [0.2, 0.25) is 0 Å². The van der Waals surface area contributed by atoms with Gasteiger partial charge in [-0.25, -0.2) is 0 Å². The SMILES string of the molecule is CC1CCCCC(=N)N1. The zero-order chi connectivity index (χ0) is 6.69. The van der Waals surface area contributed by atoms with Crippen molar-refractivity contribution in [3.8, 4) is 0 Å². The van der Waals surface area contributed by atoms with Crippen LogP contribution in [0.1, 0.15) is 32.6 Å². The molecule has 9 heavy (non-hydrogen) atoms. The Bertz CT molecular complexity index is 109. The van der Waals surface area contributed by atoms with Gasteiger partial charge in [-0.2, -0.15) is 0 Å². The highest BCUT2D eigenvalue weighted by Gasteiger charge is 2.07. The van der Waals surface area contributed by atoms with E-state index in [9.17, 15) is 0 Å². The van der Waals surface area contributed by atoms with Crippen molar-refractivity contribution in [2.24, 2.45) is 0 Å². The molecular weight excluding hydrogens is 112 g/mol. The second-order valence-electron chi connectivity index (χ2n) is 2.77. The summed E-state index contributed by atoms with van der Waals surface area (Å²) in [5, 5.41) is 10.5. The summed E-state index contributed by atoms with van der Waals surface area (Å²) in [7, 11) is 0. The van der Waals surface area contributed by atoms with E-state index in [1.807, 2.05) is 0 Å². The molecule has 1 unspecified atom stereocenters. The van der Waals surface area contributed by atoms with Crippen LogP contribution in [0.4, 0.5) is 0 Å². The summed E-state index contributed by atoms with van der Waals surface area (Å²) < 4.78 is 0. The molecule has 0 amide bonds. The lowest BCUT2D eigenvalue weighted by Gasteiger charge is -2.09. The standard InChI is InChI=1S/C7H14N2/c1-6-4-2-3-5-7(8)9-6/h6H,2-5H2,1H3,(H2,8,9).